The van der Waals surface area contributed by atoms with Gasteiger partial charge in [0.25, 0.3) is 0 Å². The van der Waals surface area contributed by atoms with Crippen LogP contribution in [-0.4, -0.2) is 25.1 Å². The average molecular weight is 181 g/mol. The lowest BCUT2D eigenvalue weighted by molar-refractivity contribution is 0.174. The van der Waals surface area contributed by atoms with Crippen molar-refractivity contribution < 1.29 is 14.6 Å². The first kappa shape index (κ1) is 8.19. The van der Waals surface area contributed by atoms with E-state index in [2.05, 4.69) is 5.32 Å². The molecular weight excluding hydrogens is 170 g/mol. The smallest absolute Gasteiger partial charge is 0.231 e. The molecule has 0 aliphatic carbocycles. The van der Waals surface area contributed by atoms with E-state index in [9.17, 15) is 0 Å². The predicted molar refractivity (Wildman–Crippen MR) is 48.1 cm³/mol. The van der Waals surface area contributed by atoms with Crippen LogP contribution >= 0.6 is 0 Å². The van der Waals surface area contributed by atoms with Gasteiger partial charge >= 0.3 is 0 Å². The van der Waals surface area contributed by atoms with Gasteiger partial charge in [-0.1, -0.05) is 6.07 Å². The van der Waals surface area contributed by atoms with Gasteiger partial charge < -0.3 is 19.9 Å². The fourth-order valence-electron chi connectivity index (χ4n) is 1.26. The molecule has 0 saturated carbocycles. The highest BCUT2D eigenvalue weighted by molar-refractivity contribution is 5.64. The van der Waals surface area contributed by atoms with E-state index in [4.69, 9.17) is 14.6 Å². The molecule has 0 amide bonds. The Bertz CT molecular complexity index is 301. The number of nitrogens with one attached hydrogen (secondary N) is 1. The van der Waals surface area contributed by atoms with Gasteiger partial charge in [0.15, 0.2) is 11.5 Å². The lowest BCUT2D eigenvalue weighted by Crippen LogP contribution is -2.05. The van der Waals surface area contributed by atoms with Gasteiger partial charge in [-0.2, -0.15) is 0 Å². The molecule has 0 spiro atoms. The van der Waals surface area contributed by atoms with Crippen LogP contribution in [0.4, 0.5) is 5.69 Å². The van der Waals surface area contributed by atoms with Crippen LogP contribution in [0.25, 0.3) is 0 Å². The first-order chi connectivity index (χ1) is 6.42. The molecule has 0 fully saturated rings. The third-order valence-corrected chi connectivity index (χ3v) is 1.82. The van der Waals surface area contributed by atoms with Crippen molar-refractivity contribution in [3.63, 3.8) is 0 Å². The molecule has 13 heavy (non-hydrogen) atoms. The maximum absolute atomic E-state index is 8.64. The number of ether oxygens (including phenoxy) is 2. The number of hydrogen-bond donors (Lipinski definition) is 2. The van der Waals surface area contributed by atoms with Crippen molar-refractivity contribution in [1.82, 2.24) is 0 Å². The normalized spacial score (nSPS) is 13.0. The lowest BCUT2D eigenvalue weighted by Gasteiger charge is -2.06. The molecule has 4 heteroatoms. The number of aliphatic hydroxyl groups is 1. The van der Waals surface area contributed by atoms with Gasteiger partial charge in [-0.25, -0.2) is 0 Å². The monoisotopic (exact) mass is 181 g/mol. The van der Waals surface area contributed by atoms with Crippen molar-refractivity contribution in [1.29, 1.82) is 0 Å². The zero-order chi connectivity index (χ0) is 9.10. The summed E-state index contributed by atoms with van der Waals surface area (Å²) in [4.78, 5) is 0. The lowest BCUT2D eigenvalue weighted by atomic mass is 10.2. The van der Waals surface area contributed by atoms with Gasteiger partial charge in [-0.3, -0.25) is 0 Å². The van der Waals surface area contributed by atoms with E-state index in [1.54, 1.807) is 0 Å². The van der Waals surface area contributed by atoms with E-state index in [0.717, 1.165) is 17.2 Å². The molecule has 0 atom stereocenters. The second kappa shape index (κ2) is 3.53. The minimum atomic E-state index is 0.102. The van der Waals surface area contributed by atoms with Gasteiger partial charge in [-0.05, 0) is 12.1 Å². The molecule has 70 valence electrons. The van der Waals surface area contributed by atoms with Crippen molar-refractivity contribution >= 4 is 5.69 Å². The summed E-state index contributed by atoms with van der Waals surface area (Å²) in [5.41, 5.74) is 0.865. The Labute approximate surface area is 76.1 Å². The molecule has 0 saturated heterocycles. The van der Waals surface area contributed by atoms with E-state index in [1.165, 1.54) is 0 Å². The highest BCUT2D eigenvalue weighted by Crippen LogP contribution is 2.38. The number of anilines is 1. The van der Waals surface area contributed by atoms with Gasteiger partial charge in [0.05, 0.1) is 12.3 Å². The third kappa shape index (κ3) is 1.53. The van der Waals surface area contributed by atoms with Crippen molar-refractivity contribution in [3.05, 3.63) is 18.2 Å². The molecule has 1 aliphatic rings. The molecule has 0 unspecified atom stereocenters. The highest BCUT2D eigenvalue weighted by atomic mass is 16.7. The summed E-state index contributed by atoms with van der Waals surface area (Å²) in [6, 6.07) is 5.63. The predicted octanol–water partition coefficient (Wildman–Crippen LogP) is 0.819. The fourth-order valence-corrected chi connectivity index (χ4v) is 1.26. The van der Waals surface area contributed by atoms with Crippen molar-refractivity contribution in [3.8, 4) is 11.5 Å². The highest BCUT2D eigenvalue weighted by Gasteiger charge is 2.16. The standard InChI is InChI=1S/C9H11NO3/c11-5-4-10-7-2-1-3-8-9(7)13-6-12-8/h1-3,10-11H,4-6H2. The summed E-state index contributed by atoms with van der Waals surface area (Å²) in [6.45, 7) is 0.886. The van der Waals surface area contributed by atoms with Gasteiger partial charge in [0.2, 0.25) is 6.79 Å². The van der Waals surface area contributed by atoms with Crippen LogP contribution in [0.15, 0.2) is 18.2 Å². The maximum atomic E-state index is 8.64. The van der Waals surface area contributed by atoms with Crippen LogP contribution in [0.2, 0.25) is 0 Å². The van der Waals surface area contributed by atoms with Crippen LogP contribution in [0.5, 0.6) is 11.5 Å². The minimum Gasteiger partial charge on any atom is -0.454 e. The van der Waals surface area contributed by atoms with Crippen LogP contribution < -0.4 is 14.8 Å². The maximum Gasteiger partial charge on any atom is 0.231 e. The molecular formula is C9H11NO3. The van der Waals surface area contributed by atoms with E-state index in [0.29, 0.717) is 6.54 Å². The summed E-state index contributed by atoms with van der Waals surface area (Å²) >= 11 is 0. The van der Waals surface area contributed by atoms with E-state index < -0.39 is 0 Å². The minimum absolute atomic E-state index is 0.102. The van der Waals surface area contributed by atoms with E-state index in [1.807, 2.05) is 18.2 Å². The second-order valence-electron chi connectivity index (χ2n) is 2.69. The Balaban J connectivity index is 2.20. The Kier molecular flexibility index (Phi) is 2.23. The van der Waals surface area contributed by atoms with Crippen LogP contribution in [0.3, 0.4) is 0 Å². The number of fused-ring (bicyclic) bond motifs is 1. The molecule has 1 aliphatic heterocycles. The molecule has 0 aromatic heterocycles. The number of aliphatic hydroxyl groups excluding tert-OH is 1. The zero-order valence-electron chi connectivity index (χ0n) is 7.12. The molecule has 2 N–H and O–H groups in total. The number of hydrogen-bond acceptors (Lipinski definition) is 4. The van der Waals surface area contributed by atoms with Crippen LogP contribution in [-0.2, 0) is 0 Å². The summed E-state index contributed by atoms with van der Waals surface area (Å²) in [5, 5.41) is 11.7. The van der Waals surface area contributed by atoms with Crippen LogP contribution in [0, 0.1) is 0 Å². The SMILES string of the molecule is OCCNc1cccc2c1OCO2. The summed E-state index contributed by atoms with van der Waals surface area (Å²) < 4.78 is 10.5. The molecule has 2 rings (SSSR count). The first-order valence-corrected chi connectivity index (χ1v) is 4.15. The van der Waals surface area contributed by atoms with Crippen LogP contribution in [0.1, 0.15) is 0 Å². The molecule has 1 aromatic carbocycles. The van der Waals surface area contributed by atoms with Crippen molar-refractivity contribution in [2.24, 2.45) is 0 Å². The summed E-state index contributed by atoms with van der Waals surface area (Å²) in [7, 11) is 0. The second-order valence-corrected chi connectivity index (χ2v) is 2.69. The molecule has 0 radical (unpaired) electrons. The number of para-hydroxylation sites is 1. The van der Waals surface area contributed by atoms with Gasteiger partial charge in [0, 0.05) is 6.54 Å². The van der Waals surface area contributed by atoms with Gasteiger partial charge in [0.1, 0.15) is 0 Å². The molecule has 4 nitrogen and oxygen atoms in total. The summed E-state index contributed by atoms with van der Waals surface area (Å²) in [5.74, 6) is 1.49. The van der Waals surface area contributed by atoms with E-state index >= 15 is 0 Å². The molecule has 1 heterocycles. The number of benzene rings is 1. The molecule has 0 bridgehead atoms. The Morgan fingerprint density at radius 3 is 3.15 bits per heavy atom. The molecule has 1 aromatic rings. The Morgan fingerprint density at radius 1 is 1.38 bits per heavy atom. The number of rotatable bonds is 3. The van der Waals surface area contributed by atoms with E-state index in [-0.39, 0.29) is 13.4 Å². The quantitative estimate of drug-likeness (QED) is 0.724. The largest absolute Gasteiger partial charge is 0.454 e. The third-order valence-electron chi connectivity index (χ3n) is 1.82. The average Bonchev–Trinajstić information content (AvgIpc) is 2.62. The van der Waals surface area contributed by atoms with Crippen molar-refractivity contribution in [2.45, 2.75) is 0 Å². The first-order valence-electron chi connectivity index (χ1n) is 4.15. The van der Waals surface area contributed by atoms with Crippen molar-refractivity contribution in [2.75, 3.05) is 25.3 Å². The zero-order valence-corrected chi connectivity index (χ0v) is 7.12. The Hall–Kier alpha value is -1.42. The topological polar surface area (TPSA) is 50.7 Å². The fraction of sp³-hybridized carbons (Fsp3) is 0.333. The summed E-state index contributed by atoms with van der Waals surface area (Å²) in [6.07, 6.45) is 0. The Morgan fingerprint density at radius 2 is 2.31 bits per heavy atom. The van der Waals surface area contributed by atoms with Gasteiger partial charge in [-0.15, -0.1) is 0 Å².